The SMILES string of the molecule is C=C(Br)CNCc1ccc(F)cc1C(F)(F)F. The fraction of sp³-hybridized carbons (Fsp3) is 0.273. The largest absolute Gasteiger partial charge is 0.416 e. The average Bonchev–Trinajstić information content (AvgIpc) is 2.18. The summed E-state index contributed by atoms with van der Waals surface area (Å²) < 4.78 is 51.2. The van der Waals surface area contributed by atoms with Crippen LogP contribution in [0.15, 0.2) is 29.3 Å². The smallest absolute Gasteiger partial charge is 0.308 e. The predicted molar refractivity (Wildman–Crippen MR) is 61.2 cm³/mol. The maximum atomic E-state index is 12.8. The third kappa shape index (κ3) is 4.47. The van der Waals surface area contributed by atoms with Crippen LogP contribution >= 0.6 is 15.9 Å². The zero-order chi connectivity index (χ0) is 13.1. The highest BCUT2D eigenvalue weighted by Crippen LogP contribution is 2.32. The minimum absolute atomic E-state index is 0.000255. The van der Waals surface area contributed by atoms with Crippen LogP contribution in [0.1, 0.15) is 11.1 Å². The Morgan fingerprint density at radius 1 is 1.35 bits per heavy atom. The first-order valence-electron chi connectivity index (χ1n) is 4.70. The molecule has 94 valence electrons. The molecule has 0 heterocycles. The first-order chi connectivity index (χ1) is 7.80. The quantitative estimate of drug-likeness (QED) is 0.833. The van der Waals surface area contributed by atoms with E-state index < -0.39 is 17.6 Å². The lowest BCUT2D eigenvalue weighted by Gasteiger charge is -2.13. The zero-order valence-corrected chi connectivity index (χ0v) is 10.3. The molecule has 1 aromatic rings. The van der Waals surface area contributed by atoms with E-state index in [4.69, 9.17) is 0 Å². The summed E-state index contributed by atoms with van der Waals surface area (Å²) in [6, 6.07) is 2.64. The van der Waals surface area contributed by atoms with Crippen molar-refractivity contribution in [1.82, 2.24) is 5.32 Å². The van der Waals surface area contributed by atoms with Gasteiger partial charge in [0.25, 0.3) is 0 Å². The minimum atomic E-state index is -4.55. The number of halogens is 5. The van der Waals surface area contributed by atoms with Gasteiger partial charge in [0.05, 0.1) is 5.56 Å². The summed E-state index contributed by atoms with van der Waals surface area (Å²) in [4.78, 5) is 0. The third-order valence-electron chi connectivity index (χ3n) is 2.01. The van der Waals surface area contributed by atoms with Crippen LogP contribution in [-0.2, 0) is 12.7 Å². The molecule has 17 heavy (non-hydrogen) atoms. The van der Waals surface area contributed by atoms with Gasteiger partial charge in [0.15, 0.2) is 0 Å². The standard InChI is InChI=1S/C11H10BrF4N/c1-7(12)5-17-6-8-2-3-9(13)4-10(8)11(14,15)16/h2-4,17H,1,5-6H2. The van der Waals surface area contributed by atoms with Crippen molar-refractivity contribution in [1.29, 1.82) is 0 Å². The van der Waals surface area contributed by atoms with Gasteiger partial charge in [-0.25, -0.2) is 4.39 Å². The number of hydrogen-bond acceptors (Lipinski definition) is 1. The molecule has 6 heteroatoms. The van der Waals surface area contributed by atoms with Gasteiger partial charge in [-0.3, -0.25) is 0 Å². The molecule has 0 aromatic heterocycles. The highest BCUT2D eigenvalue weighted by Gasteiger charge is 2.33. The van der Waals surface area contributed by atoms with Crippen molar-refractivity contribution in [2.45, 2.75) is 12.7 Å². The van der Waals surface area contributed by atoms with E-state index in [1.165, 1.54) is 0 Å². The van der Waals surface area contributed by atoms with Crippen LogP contribution in [0.3, 0.4) is 0 Å². The van der Waals surface area contributed by atoms with E-state index in [9.17, 15) is 17.6 Å². The first-order valence-corrected chi connectivity index (χ1v) is 5.49. The number of nitrogens with one attached hydrogen (secondary N) is 1. The van der Waals surface area contributed by atoms with Crippen LogP contribution < -0.4 is 5.32 Å². The highest BCUT2D eigenvalue weighted by molar-refractivity contribution is 9.11. The van der Waals surface area contributed by atoms with Crippen LogP contribution in [0, 0.1) is 5.82 Å². The first kappa shape index (κ1) is 14.2. The van der Waals surface area contributed by atoms with E-state index in [0.717, 1.165) is 12.1 Å². The minimum Gasteiger partial charge on any atom is -0.308 e. The molecule has 0 aliphatic rings. The van der Waals surface area contributed by atoms with Gasteiger partial charge in [-0.2, -0.15) is 13.2 Å². The molecule has 0 aliphatic carbocycles. The summed E-state index contributed by atoms with van der Waals surface area (Å²) in [7, 11) is 0. The molecular formula is C11H10BrF4N. The lowest BCUT2D eigenvalue weighted by atomic mass is 10.1. The normalized spacial score (nSPS) is 11.6. The van der Waals surface area contributed by atoms with Gasteiger partial charge in [0, 0.05) is 17.6 Å². The van der Waals surface area contributed by atoms with E-state index in [1.54, 1.807) is 0 Å². The van der Waals surface area contributed by atoms with Crippen molar-refractivity contribution in [2.24, 2.45) is 0 Å². The van der Waals surface area contributed by atoms with E-state index in [2.05, 4.69) is 27.8 Å². The molecule has 0 amide bonds. The number of rotatable bonds is 4. The summed E-state index contributed by atoms with van der Waals surface area (Å²) in [6.07, 6.45) is -4.55. The van der Waals surface area contributed by atoms with Crippen molar-refractivity contribution in [3.05, 3.63) is 46.2 Å². The molecule has 0 fully saturated rings. The summed E-state index contributed by atoms with van der Waals surface area (Å²) in [5.41, 5.74) is -0.946. The Balaban J connectivity index is 2.87. The molecule has 0 atom stereocenters. The van der Waals surface area contributed by atoms with E-state index in [1.807, 2.05) is 0 Å². The molecular weight excluding hydrogens is 302 g/mol. The second-order valence-corrected chi connectivity index (χ2v) is 4.54. The van der Waals surface area contributed by atoms with Gasteiger partial charge in [-0.1, -0.05) is 28.6 Å². The molecule has 1 aromatic carbocycles. The molecule has 0 bridgehead atoms. The Bertz CT molecular complexity index is 414. The summed E-state index contributed by atoms with van der Waals surface area (Å²) in [5.74, 6) is -0.897. The topological polar surface area (TPSA) is 12.0 Å². The average molecular weight is 312 g/mol. The van der Waals surface area contributed by atoms with Gasteiger partial charge < -0.3 is 5.32 Å². The molecule has 0 spiro atoms. The molecule has 1 nitrogen and oxygen atoms in total. The van der Waals surface area contributed by atoms with Gasteiger partial charge >= 0.3 is 6.18 Å². The van der Waals surface area contributed by atoms with Gasteiger partial charge in [0.1, 0.15) is 5.82 Å². The van der Waals surface area contributed by atoms with E-state index in [0.29, 0.717) is 17.1 Å². The number of benzene rings is 1. The van der Waals surface area contributed by atoms with Gasteiger partial charge in [-0.15, -0.1) is 0 Å². The maximum absolute atomic E-state index is 12.8. The highest BCUT2D eigenvalue weighted by atomic mass is 79.9. The Labute approximate surface area is 105 Å². The monoisotopic (exact) mass is 311 g/mol. The second kappa shape index (κ2) is 5.64. The van der Waals surface area contributed by atoms with Crippen molar-refractivity contribution in [3.8, 4) is 0 Å². The molecule has 0 unspecified atom stereocenters. The fourth-order valence-corrected chi connectivity index (χ4v) is 1.50. The van der Waals surface area contributed by atoms with Crippen molar-refractivity contribution >= 4 is 15.9 Å². The summed E-state index contributed by atoms with van der Waals surface area (Å²) in [5, 5.41) is 2.76. The van der Waals surface area contributed by atoms with Crippen LogP contribution in [0.4, 0.5) is 17.6 Å². The molecule has 0 saturated heterocycles. The van der Waals surface area contributed by atoms with Crippen molar-refractivity contribution in [3.63, 3.8) is 0 Å². The Hall–Kier alpha value is -0.880. The Morgan fingerprint density at radius 3 is 2.53 bits per heavy atom. The Morgan fingerprint density at radius 2 is 2.00 bits per heavy atom. The van der Waals surface area contributed by atoms with Crippen LogP contribution in [0.25, 0.3) is 0 Å². The Kier molecular flexibility index (Phi) is 4.70. The lowest BCUT2D eigenvalue weighted by Crippen LogP contribution is -2.18. The summed E-state index contributed by atoms with van der Waals surface area (Å²) in [6.45, 7) is 3.89. The van der Waals surface area contributed by atoms with Crippen LogP contribution in [0.5, 0.6) is 0 Å². The van der Waals surface area contributed by atoms with Crippen molar-refractivity contribution < 1.29 is 17.6 Å². The van der Waals surface area contributed by atoms with Gasteiger partial charge in [-0.05, 0) is 17.7 Å². The second-order valence-electron chi connectivity index (χ2n) is 3.42. The van der Waals surface area contributed by atoms with Crippen LogP contribution in [-0.4, -0.2) is 6.54 Å². The van der Waals surface area contributed by atoms with Crippen LogP contribution in [0.2, 0.25) is 0 Å². The van der Waals surface area contributed by atoms with Gasteiger partial charge in [0.2, 0.25) is 0 Å². The molecule has 1 rings (SSSR count). The summed E-state index contributed by atoms with van der Waals surface area (Å²) >= 11 is 3.08. The zero-order valence-electron chi connectivity index (χ0n) is 8.74. The van der Waals surface area contributed by atoms with E-state index in [-0.39, 0.29) is 12.1 Å². The molecule has 0 saturated carbocycles. The molecule has 1 N–H and O–H groups in total. The lowest BCUT2D eigenvalue weighted by molar-refractivity contribution is -0.138. The number of alkyl halides is 3. The fourth-order valence-electron chi connectivity index (χ4n) is 1.30. The predicted octanol–water partition coefficient (Wildman–Crippen LogP) is 3.84. The maximum Gasteiger partial charge on any atom is 0.416 e. The third-order valence-corrected chi connectivity index (χ3v) is 2.29. The number of hydrogen-bond donors (Lipinski definition) is 1. The molecule has 0 radical (unpaired) electrons. The van der Waals surface area contributed by atoms with Crippen molar-refractivity contribution in [2.75, 3.05) is 6.54 Å². The molecule has 0 aliphatic heterocycles. The van der Waals surface area contributed by atoms with E-state index >= 15 is 0 Å².